The molecule has 2 saturated heterocycles. The average molecular weight is 367 g/mol. The van der Waals surface area contributed by atoms with Gasteiger partial charge in [-0.3, -0.25) is 4.79 Å². The lowest BCUT2D eigenvalue weighted by Crippen LogP contribution is -2.46. The van der Waals surface area contributed by atoms with E-state index in [0.717, 1.165) is 17.5 Å². The number of fused-ring (bicyclic) bond motifs is 1. The van der Waals surface area contributed by atoms with Crippen LogP contribution in [0.15, 0.2) is 54.6 Å². The number of ether oxygens (including phenoxy) is 1. The second-order valence-corrected chi connectivity index (χ2v) is 8.13. The van der Waals surface area contributed by atoms with E-state index in [4.69, 9.17) is 4.74 Å². The van der Waals surface area contributed by atoms with Crippen molar-refractivity contribution in [3.05, 3.63) is 71.3 Å². The number of amides is 1. The van der Waals surface area contributed by atoms with Crippen LogP contribution >= 0.6 is 11.8 Å². The Kier molecular flexibility index (Phi) is 4.49. The second kappa shape index (κ2) is 6.80. The largest absolute Gasteiger partial charge is 0.459 e. The molecule has 0 N–H and O–H groups in total. The number of nitrogens with zero attached hydrogens (tertiary/aromatic N) is 1. The van der Waals surface area contributed by atoms with Gasteiger partial charge in [0.05, 0.1) is 0 Å². The van der Waals surface area contributed by atoms with Gasteiger partial charge in [0.25, 0.3) is 0 Å². The van der Waals surface area contributed by atoms with Crippen molar-refractivity contribution in [2.45, 2.75) is 37.3 Å². The maximum atomic E-state index is 12.7. The Bertz CT molecular complexity index is 821. The summed E-state index contributed by atoms with van der Waals surface area (Å²) < 4.78 is 5.54. The number of thioether (sulfide) groups is 1. The Labute approximate surface area is 157 Å². The number of rotatable bonds is 4. The van der Waals surface area contributed by atoms with E-state index in [1.807, 2.05) is 61.5 Å². The van der Waals surface area contributed by atoms with Gasteiger partial charge in [0.15, 0.2) is 0 Å². The molecule has 5 heteroatoms. The molecule has 2 atom stereocenters. The van der Waals surface area contributed by atoms with Gasteiger partial charge in [-0.05, 0) is 24.5 Å². The highest BCUT2D eigenvalue weighted by Crippen LogP contribution is 2.54. The molecule has 0 aliphatic carbocycles. The van der Waals surface area contributed by atoms with Gasteiger partial charge >= 0.3 is 5.97 Å². The smallest absolute Gasteiger partial charge is 0.330 e. The highest BCUT2D eigenvalue weighted by Gasteiger charge is 2.57. The quantitative estimate of drug-likeness (QED) is 0.774. The van der Waals surface area contributed by atoms with Crippen LogP contribution in [0.5, 0.6) is 0 Å². The first kappa shape index (κ1) is 17.2. The summed E-state index contributed by atoms with van der Waals surface area (Å²) in [5.41, 5.74) is 3.21. The van der Waals surface area contributed by atoms with Crippen molar-refractivity contribution in [1.82, 2.24) is 4.90 Å². The van der Waals surface area contributed by atoms with Gasteiger partial charge in [0, 0.05) is 12.2 Å². The standard InChI is InChI=1S/C21H21NO3S/c1-15-7-9-16(10-8-15)13-25-20(24)18-14-26-21(12-11-19(23)22(18)21)17-5-3-2-4-6-17/h2-10,18H,11-14H2,1H3/t18-,21+/m0/s1. The zero-order valence-corrected chi connectivity index (χ0v) is 15.5. The van der Waals surface area contributed by atoms with Gasteiger partial charge in [-0.25, -0.2) is 4.79 Å². The summed E-state index contributed by atoms with van der Waals surface area (Å²) in [6.45, 7) is 2.26. The molecule has 2 aliphatic rings. The van der Waals surface area contributed by atoms with Crippen molar-refractivity contribution in [2.75, 3.05) is 5.75 Å². The Morgan fingerprint density at radius 2 is 1.92 bits per heavy atom. The summed E-state index contributed by atoms with van der Waals surface area (Å²) in [5, 5.41) is 0. The summed E-state index contributed by atoms with van der Waals surface area (Å²) in [5.74, 6) is 0.301. The van der Waals surface area contributed by atoms with E-state index in [2.05, 4.69) is 0 Å². The first-order chi connectivity index (χ1) is 12.6. The zero-order chi connectivity index (χ0) is 18.1. The lowest BCUT2D eigenvalue weighted by Gasteiger charge is -2.33. The number of benzene rings is 2. The Morgan fingerprint density at radius 1 is 1.19 bits per heavy atom. The van der Waals surface area contributed by atoms with Crippen LogP contribution in [0.25, 0.3) is 0 Å². The highest BCUT2D eigenvalue weighted by molar-refractivity contribution is 8.00. The molecule has 134 valence electrons. The van der Waals surface area contributed by atoms with Gasteiger partial charge in [0.2, 0.25) is 5.91 Å². The lowest BCUT2D eigenvalue weighted by atomic mass is 10.0. The molecule has 2 aromatic carbocycles. The fraction of sp³-hybridized carbons (Fsp3) is 0.333. The number of carbonyl (C=O) groups is 2. The van der Waals surface area contributed by atoms with Crippen LogP contribution in [0.4, 0.5) is 0 Å². The molecule has 0 radical (unpaired) electrons. The minimum Gasteiger partial charge on any atom is -0.459 e. The number of carbonyl (C=O) groups excluding carboxylic acids is 2. The molecule has 2 aromatic rings. The number of aryl methyl sites for hydroxylation is 1. The van der Waals surface area contributed by atoms with E-state index in [0.29, 0.717) is 12.2 Å². The average Bonchev–Trinajstić information content (AvgIpc) is 3.21. The van der Waals surface area contributed by atoms with Crippen molar-refractivity contribution in [3.8, 4) is 0 Å². The number of hydrogen-bond donors (Lipinski definition) is 0. The van der Waals surface area contributed by atoms with Gasteiger partial charge in [-0.2, -0.15) is 0 Å². The van der Waals surface area contributed by atoms with E-state index < -0.39 is 10.9 Å². The molecular formula is C21H21NO3S. The third-order valence-corrected chi connectivity index (χ3v) is 6.72. The van der Waals surface area contributed by atoms with Gasteiger partial charge < -0.3 is 9.64 Å². The minimum absolute atomic E-state index is 0.0381. The summed E-state index contributed by atoms with van der Waals surface area (Å²) >= 11 is 1.68. The molecule has 2 aliphatic heterocycles. The fourth-order valence-corrected chi connectivity index (χ4v) is 5.39. The van der Waals surface area contributed by atoms with E-state index in [1.165, 1.54) is 5.56 Å². The van der Waals surface area contributed by atoms with Crippen LogP contribution in [-0.4, -0.2) is 28.6 Å². The van der Waals surface area contributed by atoms with Gasteiger partial charge in [0.1, 0.15) is 17.5 Å². The van der Waals surface area contributed by atoms with Crippen LogP contribution in [0.3, 0.4) is 0 Å². The predicted molar refractivity (Wildman–Crippen MR) is 101 cm³/mol. The fourth-order valence-electron chi connectivity index (χ4n) is 3.75. The van der Waals surface area contributed by atoms with Crippen molar-refractivity contribution >= 4 is 23.6 Å². The zero-order valence-electron chi connectivity index (χ0n) is 14.7. The molecule has 0 unspecified atom stereocenters. The molecule has 2 heterocycles. The molecule has 0 aromatic heterocycles. The molecule has 4 nitrogen and oxygen atoms in total. The van der Waals surface area contributed by atoms with E-state index in [1.54, 1.807) is 16.7 Å². The summed E-state index contributed by atoms with van der Waals surface area (Å²) in [6.07, 6.45) is 1.21. The molecule has 0 saturated carbocycles. The van der Waals surface area contributed by atoms with Crippen LogP contribution in [0, 0.1) is 6.92 Å². The third-order valence-electron chi connectivity index (χ3n) is 5.13. The SMILES string of the molecule is Cc1ccc(COC(=O)[C@@H]2CS[C@@]3(c4ccccc4)CCC(=O)N23)cc1. The van der Waals surface area contributed by atoms with Crippen LogP contribution < -0.4 is 0 Å². The van der Waals surface area contributed by atoms with E-state index in [9.17, 15) is 9.59 Å². The maximum absolute atomic E-state index is 12.7. The minimum atomic E-state index is -0.513. The van der Waals surface area contributed by atoms with Crippen molar-refractivity contribution in [3.63, 3.8) is 0 Å². The van der Waals surface area contributed by atoms with Crippen LogP contribution in [0.2, 0.25) is 0 Å². The van der Waals surface area contributed by atoms with Crippen LogP contribution in [0.1, 0.15) is 29.5 Å². The van der Waals surface area contributed by atoms with Crippen LogP contribution in [-0.2, 0) is 25.8 Å². The second-order valence-electron chi connectivity index (χ2n) is 6.83. The molecule has 2 fully saturated rings. The van der Waals surface area contributed by atoms with E-state index in [-0.39, 0.29) is 18.5 Å². The summed E-state index contributed by atoms with van der Waals surface area (Å²) in [6, 6.07) is 17.4. The normalized spacial score (nSPS) is 24.6. The number of hydrogen-bond acceptors (Lipinski definition) is 4. The first-order valence-corrected chi connectivity index (χ1v) is 9.82. The van der Waals surface area contributed by atoms with E-state index >= 15 is 0 Å². The monoisotopic (exact) mass is 367 g/mol. The van der Waals surface area contributed by atoms with Crippen molar-refractivity contribution < 1.29 is 14.3 Å². The Balaban J connectivity index is 1.51. The third kappa shape index (κ3) is 2.90. The molecule has 4 rings (SSSR count). The summed E-state index contributed by atoms with van der Waals surface area (Å²) in [7, 11) is 0. The highest BCUT2D eigenvalue weighted by atomic mass is 32.2. The molecule has 26 heavy (non-hydrogen) atoms. The molecular weight excluding hydrogens is 346 g/mol. The lowest BCUT2D eigenvalue weighted by molar-refractivity contribution is -0.155. The van der Waals surface area contributed by atoms with Crippen molar-refractivity contribution in [2.24, 2.45) is 0 Å². The van der Waals surface area contributed by atoms with Gasteiger partial charge in [-0.1, -0.05) is 60.2 Å². The summed E-state index contributed by atoms with van der Waals surface area (Å²) in [4.78, 5) is 26.6. The topological polar surface area (TPSA) is 46.6 Å². The predicted octanol–water partition coefficient (Wildman–Crippen LogP) is 3.63. The molecule has 0 bridgehead atoms. The van der Waals surface area contributed by atoms with Gasteiger partial charge in [-0.15, -0.1) is 11.8 Å². The first-order valence-electron chi connectivity index (χ1n) is 8.84. The Hall–Kier alpha value is -2.27. The van der Waals surface area contributed by atoms with Crippen molar-refractivity contribution in [1.29, 1.82) is 0 Å². The Morgan fingerprint density at radius 3 is 2.65 bits per heavy atom. The molecule has 0 spiro atoms. The molecule has 1 amide bonds. The maximum Gasteiger partial charge on any atom is 0.330 e. The number of esters is 1.